The molecule has 8 heteroatoms. The first-order valence-electron chi connectivity index (χ1n) is 11.3. The van der Waals surface area contributed by atoms with Crippen molar-refractivity contribution in [3.8, 4) is 5.88 Å². The molecule has 1 aliphatic carbocycles. The highest BCUT2D eigenvalue weighted by Gasteiger charge is 2.49. The molecule has 1 saturated heterocycles. The zero-order chi connectivity index (χ0) is 23.4. The Morgan fingerprint density at radius 2 is 1.97 bits per heavy atom. The van der Waals surface area contributed by atoms with Crippen molar-refractivity contribution in [2.75, 3.05) is 6.54 Å². The molecule has 5 rings (SSSR count). The minimum Gasteiger partial charge on any atom is -0.493 e. The van der Waals surface area contributed by atoms with Gasteiger partial charge in [-0.15, -0.1) is 10.2 Å². The van der Waals surface area contributed by atoms with E-state index in [1.807, 2.05) is 22.8 Å². The predicted molar refractivity (Wildman–Crippen MR) is 131 cm³/mol. The maximum atomic E-state index is 12.4. The number of aromatic hydroxyl groups is 1. The standard InChI is InChI=1S/C25H28BrN5O2/c1-24(2)11-18-12-25(3,13-24)14-30(18)15-31-20-5-4-17(26)10-19(20)21(23(31)33)28-29-22(32)16-6-8-27-9-7-16/h4-10,18,33H,11-15H2,1-3H3/t18-,25+/m0/s1. The van der Waals surface area contributed by atoms with Gasteiger partial charge in [0.15, 0.2) is 5.69 Å². The minimum atomic E-state index is -0.476. The quantitative estimate of drug-likeness (QED) is 0.419. The van der Waals surface area contributed by atoms with E-state index in [9.17, 15) is 9.90 Å². The van der Waals surface area contributed by atoms with Crippen LogP contribution in [-0.4, -0.2) is 38.1 Å². The van der Waals surface area contributed by atoms with E-state index in [1.54, 1.807) is 12.1 Å². The molecule has 2 atom stereocenters. The Balaban J connectivity index is 1.50. The molecule has 2 fully saturated rings. The molecule has 33 heavy (non-hydrogen) atoms. The summed E-state index contributed by atoms with van der Waals surface area (Å²) in [5.41, 5.74) is 2.20. The van der Waals surface area contributed by atoms with Gasteiger partial charge >= 0.3 is 0 Å². The number of hydrogen-bond acceptors (Lipinski definition) is 5. The number of hydrogen-bond donors (Lipinski definition) is 1. The monoisotopic (exact) mass is 509 g/mol. The van der Waals surface area contributed by atoms with Crippen molar-refractivity contribution >= 4 is 38.4 Å². The van der Waals surface area contributed by atoms with Gasteiger partial charge in [0.05, 0.1) is 12.2 Å². The van der Waals surface area contributed by atoms with Gasteiger partial charge in [-0.05, 0) is 60.4 Å². The van der Waals surface area contributed by atoms with Crippen LogP contribution in [-0.2, 0) is 6.67 Å². The zero-order valence-electron chi connectivity index (χ0n) is 19.1. The first-order valence-corrected chi connectivity index (χ1v) is 12.0. The van der Waals surface area contributed by atoms with Crippen molar-refractivity contribution < 1.29 is 9.90 Å². The molecule has 2 aliphatic rings. The summed E-state index contributed by atoms with van der Waals surface area (Å²) in [7, 11) is 0. The Kier molecular flexibility index (Phi) is 5.40. The predicted octanol–water partition coefficient (Wildman–Crippen LogP) is 6.29. The van der Waals surface area contributed by atoms with Gasteiger partial charge in [-0.1, -0.05) is 36.7 Å². The molecule has 3 heterocycles. The average Bonchev–Trinajstić information content (AvgIpc) is 3.15. The number of azo groups is 1. The normalized spacial score (nSPS) is 24.7. The molecular formula is C25H28BrN5O2. The SMILES string of the molecule is CC1(C)C[C@H]2C[C@@](C)(CN2Cn2c(O)c(N=NC(=O)c3ccncc3)c3cc(Br)ccc32)C1. The Morgan fingerprint density at radius 3 is 2.73 bits per heavy atom. The molecule has 1 saturated carbocycles. The summed E-state index contributed by atoms with van der Waals surface area (Å²) in [6.07, 6.45) is 6.64. The number of aromatic nitrogens is 2. The minimum absolute atomic E-state index is 0.0280. The number of amides is 1. The van der Waals surface area contributed by atoms with Crippen LogP contribution >= 0.6 is 15.9 Å². The number of likely N-dealkylation sites (tertiary alicyclic amines) is 1. The van der Waals surface area contributed by atoms with E-state index in [0.717, 1.165) is 28.3 Å². The van der Waals surface area contributed by atoms with Gasteiger partial charge in [-0.2, -0.15) is 0 Å². The molecule has 1 aliphatic heterocycles. The summed E-state index contributed by atoms with van der Waals surface area (Å²) in [6, 6.07) is 9.50. The summed E-state index contributed by atoms with van der Waals surface area (Å²) in [5.74, 6) is -0.448. The van der Waals surface area contributed by atoms with Gasteiger partial charge in [0, 0.05) is 40.4 Å². The molecule has 1 aromatic carbocycles. The first-order chi connectivity index (χ1) is 15.6. The van der Waals surface area contributed by atoms with Crippen LogP contribution in [0.15, 0.2) is 57.4 Å². The molecule has 2 aromatic heterocycles. The summed E-state index contributed by atoms with van der Waals surface area (Å²) in [6.45, 7) is 8.69. The third kappa shape index (κ3) is 4.22. The second-order valence-electron chi connectivity index (χ2n) is 10.6. The Morgan fingerprint density at radius 1 is 1.21 bits per heavy atom. The Bertz CT molecular complexity index is 1250. The van der Waals surface area contributed by atoms with Gasteiger partial charge in [0.25, 0.3) is 5.91 Å². The molecule has 7 nitrogen and oxygen atoms in total. The maximum absolute atomic E-state index is 12.4. The Labute approximate surface area is 201 Å². The van der Waals surface area contributed by atoms with Crippen LogP contribution in [0, 0.1) is 10.8 Å². The molecule has 0 unspecified atom stereocenters. The molecule has 3 aromatic rings. The van der Waals surface area contributed by atoms with Crippen LogP contribution in [0.25, 0.3) is 10.9 Å². The fourth-order valence-corrected chi connectivity index (χ4v) is 6.47. The van der Waals surface area contributed by atoms with Crippen LogP contribution in [0.4, 0.5) is 5.69 Å². The van der Waals surface area contributed by atoms with Gasteiger partial charge in [-0.25, -0.2) is 0 Å². The van der Waals surface area contributed by atoms with Crippen molar-refractivity contribution in [3.05, 3.63) is 52.8 Å². The number of nitrogens with zero attached hydrogens (tertiary/aromatic N) is 5. The second kappa shape index (κ2) is 8.02. The van der Waals surface area contributed by atoms with E-state index in [4.69, 9.17) is 0 Å². The van der Waals surface area contributed by atoms with E-state index in [-0.39, 0.29) is 5.88 Å². The van der Waals surface area contributed by atoms with Crippen LogP contribution in [0.5, 0.6) is 5.88 Å². The summed E-state index contributed by atoms with van der Waals surface area (Å²) >= 11 is 3.51. The lowest BCUT2D eigenvalue weighted by Crippen LogP contribution is -2.35. The van der Waals surface area contributed by atoms with Crippen molar-refractivity contribution in [1.82, 2.24) is 14.5 Å². The molecular weight excluding hydrogens is 482 g/mol. The number of pyridine rings is 1. The highest BCUT2D eigenvalue weighted by molar-refractivity contribution is 9.10. The molecule has 172 valence electrons. The lowest BCUT2D eigenvalue weighted by atomic mass is 9.65. The van der Waals surface area contributed by atoms with E-state index in [1.165, 1.54) is 25.2 Å². The third-order valence-corrected chi connectivity index (χ3v) is 7.48. The summed E-state index contributed by atoms with van der Waals surface area (Å²) in [4.78, 5) is 18.9. The van der Waals surface area contributed by atoms with Gasteiger partial charge in [-0.3, -0.25) is 19.2 Å². The van der Waals surface area contributed by atoms with Crippen LogP contribution in [0.2, 0.25) is 0 Å². The highest BCUT2D eigenvalue weighted by atomic mass is 79.9. The zero-order valence-corrected chi connectivity index (χ0v) is 20.7. The van der Waals surface area contributed by atoms with E-state index in [0.29, 0.717) is 34.8 Å². The van der Waals surface area contributed by atoms with Crippen LogP contribution in [0.3, 0.4) is 0 Å². The summed E-state index contributed by atoms with van der Waals surface area (Å²) < 4.78 is 2.76. The number of benzene rings is 1. The number of halogens is 1. The van der Waals surface area contributed by atoms with Crippen molar-refractivity contribution in [2.24, 2.45) is 21.1 Å². The highest BCUT2D eigenvalue weighted by Crippen LogP contribution is 2.53. The van der Waals surface area contributed by atoms with Gasteiger partial charge in [0.2, 0.25) is 5.88 Å². The average molecular weight is 510 g/mol. The topological polar surface area (TPSA) is 83.1 Å². The van der Waals surface area contributed by atoms with Crippen molar-refractivity contribution in [3.63, 3.8) is 0 Å². The van der Waals surface area contributed by atoms with Crippen molar-refractivity contribution in [2.45, 2.75) is 52.7 Å². The van der Waals surface area contributed by atoms with E-state index in [2.05, 4.69) is 56.8 Å². The molecule has 0 radical (unpaired) electrons. The lowest BCUT2D eigenvalue weighted by molar-refractivity contribution is 0.0995. The molecule has 0 spiro atoms. The fraction of sp³-hybridized carbons (Fsp3) is 0.440. The second-order valence-corrected chi connectivity index (χ2v) is 11.5. The van der Waals surface area contributed by atoms with Crippen molar-refractivity contribution in [1.29, 1.82) is 0 Å². The maximum Gasteiger partial charge on any atom is 0.295 e. The lowest BCUT2D eigenvalue weighted by Gasteiger charge is -2.40. The largest absolute Gasteiger partial charge is 0.493 e. The number of carbonyl (C=O) groups excluding carboxylic acids is 1. The first kappa shape index (κ1) is 22.2. The molecule has 1 N–H and O–H groups in total. The fourth-order valence-electron chi connectivity index (χ4n) is 6.11. The van der Waals surface area contributed by atoms with Gasteiger partial charge < -0.3 is 5.11 Å². The number of fused-ring (bicyclic) bond motifs is 3. The number of carbonyl (C=O) groups is 1. The third-order valence-electron chi connectivity index (χ3n) is 6.99. The van der Waals surface area contributed by atoms with Crippen LogP contribution in [0.1, 0.15) is 50.4 Å². The molecule has 1 amide bonds. The summed E-state index contributed by atoms with van der Waals surface area (Å²) in [5, 5.41) is 20.0. The van der Waals surface area contributed by atoms with E-state index < -0.39 is 5.91 Å². The van der Waals surface area contributed by atoms with E-state index >= 15 is 0 Å². The van der Waals surface area contributed by atoms with Gasteiger partial charge in [0.1, 0.15) is 0 Å². The Hall–Kier alpha value is -2.58. The smallest absolute Gasteiger partial charge is 0.295 e. The molecule has 2 bridgehead atoms. The van der Waals surface area contributed by atoms with Crippen LogP contribution < -0.4 is 0 Å². The number of rotatable bonds is 4.